The minimum atomic E-state index is -0.347. The van der Waals surface area contributed by atoms with Gasteiger partial charge in [0.25, 0.3) is 0 Å². The summed E-state index contributed by atoms with van der Waals surface area (Å²) in [6, 6.07) is 9.20. The van der Waals surface area contributed by atoms with Crippen LogP contribution in [-0.4, -0.2) is 16.0 Å². The third kappa shape index (κ3) is 3.42. The Kier molecular flexibility index (Phi) is 4.47. The maximum absolute atomic E-state index is 12.1. The molecule has 0 aliphatic heterocycles. The van der Waals surface area contributed by atoms with E-state index in [0.29, 0.717) is 11.7 Å². The van der Waals surface area contributed by atoms with E-state index >= 15 is 0 Å². The van der Waals surface area contributed by atoms with Crippen LogP contribution in [0.5, 0.6) is 0 Å². The van der Waals surface area contributed by atoms with Gasteiger partial charge < -0.3 is 15.6 Å². The molecule has 0 bridgehead atoms. The van der Waals surface area contributed by atoms with Gasteiger partial charge in [-0.3, -0.25) is 4.79 Å². The van der Waals surface area contributed by atoms with E-state index < -0.39 is 0 Å². The van der Waals surface area contributed by atoms with E-state index in [1.807, 2.05) is 30.3 Å². The molecule has 1 heterocycles. The van der Waals surface area contributed by atoms with Crippen LogP contribution in [0.4, 0.5) is 0 Å². The van der Waals surface area contributed by atoms with Gasteiger partial charge in [0.2, 0.25) is 11.8 Å². The molecule has 0 aliphatic carbocycles. The minimum absolute atomic E-state index is 0.141. The van der Waals surface area contributed by atoms with Crippen LogP contribution in [0.25, 0.3) is 0 Å². The van der Waals surface area contributed by atoms with Crippen molar-refractivity contribution < 1.29 is 9.32 Å². The Balaban J connectivity index is 1.91. The predicted molar refractivity (Wildman–Crippen MR) is 73.4 cm³/mol. The van der Waals surface area contributed by atoms with Gasteiger partial charge in [0.1, 0.15) is 0 Å². The van der Waals surface area contributed by atoms with Gasteiger partial charge in [-0.2, -0.15) is 4.98 Å². The van der Waals surface area contributed by atoms with Gasteiger partial charge in [-0.15, -0.1) is 0 Å². The second kappa shape index (κ2) is 6.29. The fraction of sp³-hybridized carbons (Fsp3) is 0.357. The largest absolute Gasteiger partial charge is 0.347 e. The maximum Gasteiger partial charge on any atom is 0.246 e. The van der Waals surface area contributed by atoms with E-state index in [9.17, 15) is 4.79 Å². The van der Waals surface area contributed by atoms with Crippen LogP contribution in [0.1, 0.15) is 30.2 Å². The van der Waals surface area contributed by atoms with E-state index in [1.165, 1.54) is 0 Å². The molecule has 1 aromatic carbocycles. The van der Waals surface area contributed by atoms with E-state index in [2.05, 4.69) is 15.5 Å². The SMILES string of the molecule is Cc1noc(CNC(=O)C(C)C(N)c2ccccc2)n1. The molecule has 0 fully saturated rings. The summed E-state index contributed by atoms with van der Waals surface area (Å²) < 4.78 is 4.93. The first kappa shape index (κ1) is 14.2. The summed E-state index contributed by atoms with van der Waals surface area (Å²) in [6.45, 7) is 3.74. The minimum Gasteiger partial charge on any atom is -0.347 e. The fourth-order valence-corrected chi connectivity index (χ4v) is 1.86. The van der Waals surface area contributed by atoms with E-state index in [4.69, 9.17) is 10.3 Å². The average Bonchev–Trinajstić information content (AvgIpc) is 2.89. The van der Waals surface area contributed by atoms with Crippen LogP contribution < -0.4 is 11.1 Å². The molecule has 0 spiro atoms. The molecular formula is C14H18N4O2. The molecule has 1 amide bonds. The molecule has 2 unspecified atom stereocenters. The van der Waals surface area contributed by atoms with Crippen LogP contribution in [0, 0.1) is 12.8 Å². The molecule has 6 heteroatoms. The number of hydrogen-bond donors (Lipinski definition) is 2. The summed E-state index contributed by atoms with van der Waals surface area (Å²) in [7, 11) is 0. The third-order valence-electron chi connectivity index (χ3n) is 3.12. The number of carbonyl (C=O) groups is 1. The lowest BCUT2D eigenvalue weighted by atomic mass is 9.95. The highest BCUT2D eigenvalue weighted by molar-refractivity contribution is 5.79. The lowest BCUT2D eigenvalue weighted by Crippen LogP contribution is -2.35. The summed E-state index contributed by atoms with van der Waals surface area (Å²) in [5.74, 6) is 0.443. The normalized spacial score (nSPS) is 13.8. The van der Waals surface area contributed by atoms with Crippen LogP contribution in [0.15, 0.2) is 34.9 Å². The van der Waals surface area contributed by atoms with Crippen molar-refractivity contribution in [1.82, 2.24) is 15.5 Å². The quantitative estimate of drug-likeness (QED) is 0.857. The first-order valence-corrected chi connectivity index (χ1v) is 6.45. The molecule has 2 atom stereocenters. The highest BCUT2D eigenvalue weighted by Crippen LogP contribution is 2.19. The number of aryl methyl sites for hydroxylation is 1. The highest BCUT2D eigenvalue weighted by atomic mass is 16.5. The van der Waals surface area contributed by atoms with Crippen LogP contribution in [0.3, 0.4) is 0 Å². The smallest absolute Gasteiger partial charge is 0.246 e. The van der Waals surface area contributed by atoms with E-state index in [1.54, 1.807) is 13.8 Å². The lowest BCUT2D eigenvalue weighted by Gasteiger charge is -2.19. The fourth-order valence-electron chi connectivity index (χ4n) is 1.86. The zero-order valence-corrected chi connectivity index (χ0v) is 11.5. The van der Waals surface area contributed by atoms with Gasteiger partial charge in [-0.25, -0.2) is 0 Å². The molecule has 0 radical (unpaired) electrons. The summed E-state index contributed by atoms with van der Waals surface area (Å²) in [5, 5.41) is 6.41. The Labute approximate surface area is 117 Å². The number of nitrogens with one attached hydrogen (secondary N) is 1. The molecule has 106 valence electrons. The molecule has 0 saturated carbocycles. The number of carbonyl (C=O) groups excluding carboxylic acids is 1. The van der Waals surface area contributed by atoms with Gasteiger partial charge >= 0.3 is 0 Å². The van der Waals surface area contributed by atoms with Crippen molar-refractivity contribution >= 4 is 5.91 Å². The van der Waals surface area contributed by atoms with Gasteiger partial charge in [0, 0.05) is 6.04 Å². The topological polar surface area (TPSA) is 94.0 Å². The summed E-state index contributed by atoms with van der Waals surface area (Å²) in [4.78, 5) is 16.1. The molecule has 1 aromatic heterocycles. The molecule has 3 N–H and O–H groups in total. The number of aromatic nitrogens is 2. The Hall–Kier alpha value is -2.21. The third-order valence-corrected chi connectivity index (χ3v) is 3.12. The van der Waals surface area contributed by atoms with Crippen molar-refractivity contribution in [3.8, 4) is 0 Å². The Morgan fingerprint density at radius 1 is 1.40 bits per heavy atom. The van der Waals surface area contributed by atoms with Crippen molar-refractivity contribution in [3.63, 3.8) is 0 Å². The molecule has 0 saturated heterocycles. The molecule has 2 rings (SSSR count). The van der Waals surface area contributed by atoms with Gasteiger partial charge in [-0.1, -0.05) is 42.4 Å². The molecule has 2 aromatic rings. The van der Waals surface area contributed by atoms with Crippen molar-refractivity contribution in [2.75, 3.05) is 0 Å². The Morgan fingerprint density at radius 3 is 2.70 bits per heavy atom. The predicted octanol–water partition coefficient (Wildman–Crippen LogP) is 1.33. The van der Waals surface area contributed by atoms with Crippen molar-refractivity contribution in [1.29, 1.82) is 0 Å². The van der Waals surface area contributed by atoms with Crippen LogP contribution >= 0.6 is 0 Å². The molecule has 20 heavy (non-hydrogen) atoms. The first-order valence-electron chi connectivity index (χ1n) is 6.45. The number of nitrogens with two attached hydrogens (primary N) is 1. The number of hydrogen-bond acceptors (Lipinski definition) is 5. The number of amides is 1. The summed E-state index contributed by atoms with van der Waals surface area (Å²) >= 11 is 0. The maximum atomic E-state index is 12.1. The molecular weight excluding hydrogens is 256 g/mol. The van der Waals surface area contributed by atoms with Crippen molar-refractivity contribution in [2.45, 2.75) is 26.4 Å². The Morgan fingerprint density at radius 2 is 2.10 bits per heavy atom. The Bertz CT molecular complexity index is 568. The zero-order valence-electron chi connectivity index (χ0n) is 11.5. The molecule has 6 nitrogen and oxygen atoms in total. The number of nitrogens with zero attached hydrogens (tertiary/aromatic N) is 2. The standard InChI is InChI=1S/C14H18N4O2/c1-9(13(15)11-6-4-3-5-7-11)14(19)16-8-12-17-10(2)18-20-12/h3-7,9,13H,8,15H2,1-2H3,(H,16,19). The zero-order chi connectivity index (χ0) is 14.5. The van der Waals surface area contributed by atoms with Gasteiger partial charge in [0.05, 0.1) is 12.5 Å². The summed E-state index contributed by atoms with van der Waals surface area (Å²) in [6.07, 6.45) is 0. The second-order valence-corrected chi connectivity index (χ2v) is 4.68. The highest BCUT2D eigenvalue weighted by Gasteiger charge is 2.22. The monoisotopic (exact) mass is 274 g/mol. The number of rotatable bonds is 5. The second-order valence-electron chi connectivity index (χ2n) is 4.68. The van der Waals surface area contributed by atoms with E-state index in [-0.39, 0.29) is 24.4 Å². The van der Waals surface area contributed by atoms with Crippen molar-refractivity contribution in [2.24, 2.45) is 11.7 Å². The average molecular weight is 274 g/mol. The first-order chi connectivity index (χ1) is 9.58. The number of benzene rings is 1. The van der Waals surface area contributed by atoms with Gasteiger partial charge in [-0.05, 0) is 12.5 Å². The van der Waals surface area contributed by atoms with Crippen LogP contribution in [-0.2, 0) is 11.3 Å². The lowest BCUT2D eigenvalue weighted by molar-refractivity contribution is -0.125. The summed E-state index contributed by atoms with van der Waals surface area (Å²) in [5.41, 5.74) is 7.03. The van der Waals surface area contributed by atoms with Crippen molar-refractivity contribution in [3.05, 3.63) is 47.6 Å². The van der Waals surface area contributed by atoms with E-state index in [0.717, 1.165) is 5.56 Å². The molecule has 0 aliphatic rings. The van der Waals surface area contributed by atoms with Gasteiger partial charge in [0.15, 0.2) is 5.82 Å². The van der Waals surface area contributed by atoms with Crippen LogP contribution in [0.2, 0.25) is 0 Å².